The molecular formula is C5H11NO2S. The molecule has 0 rings (SSSR count). The molecule has 4 heteroatoms. The van der Waals surface area contributed by atoms with Crippen LogP contribution in [0.2, 0.25) is 0 Å². The Kier molecular flexibility index (Phi) is 4.35. The average Bonchev–Trinajstić information content (AvgIpc) is 1.82. The molecule has 0 aliphatic rings. The Balaban J connectivity index is 4.18. The highest BCUT2D eigenvalue weighted by atomic mass is 32.2. The second kappa shape index (κ2) is 4.52. The molecule has 0 bridgehead atoms. The molecule has 0 radical (unpaired) electrons. The number of rotatable bonds is 2. The first kappa shape index (κ1) is 8.65. The van der Waals surface area contributed by atoms with Gasteiger partial charge in [0, 0.05) is 0 Å². The molecule has 0 saturated carbocycles. The first-order valence-electron chi connectivity index (χ1n) is 2.91. The maximum atomic E-state index is 10.2. The minimum atomic E-state index is -2.05. The van der Waals surface area contributed by atoms with Gasteiger partial charge in [-0.25, -0.2) is 0 Å². The van der Waals surface area contributed by atoms with Gasteiger partial charge in [0.2, 0.25) is 10.3 Å². The largest absolute Gasteiger partial charge is 0.279 e. The van der Waals surface area contributed by atoms with Gasteiger partial charge in [-0.15, -0.1) is 0 Å². The van der Waals surface area contributed by atoms with Crippen LogP contribution >= 0.6 is 0 Å². The molecule has 3 nitrogen and oxygen atoms in total. The standard InChI is InChI=1S/C5H11NO2S/c1-3-5(6-4-2)9(7)8/h6H,3-4H2,1-2H3. The normalized spacial score (nSPS) is 9.11. The summed E-state index contributed by atoms with van der Waals surface area (Å²) in [5.74, 6) is 0. The smallest absolute Gasteiger partial charge is 0.228 e. The lowest BCUT2D eigenvalue weighted by atomic mass is 10.5. The highest BCUT2D eigenvalue weighted by Crippen LogP contribution is 1.74. The minimum Gasteiger partial charge on any atom is -0.279 e. The van der Waals surface area contributed by atoms with Crippen LogP contribution in [0.4, 0.5) is 0 Å². The zero-order valence-corrected chi connectivity index (χ0v) is 6.46. The zero-order chi connectivity index (χ0) is 7.28. The predicted molar refractivity (Wildman–Crippen MR) is 37.9 cm³/mol. The molecule has 0 aliphatic carbocycles. The third-order valence-corrected chi connectivity index (χ3v) is 1.73. The quantitative estimate of drug-likeness (QED) is 0.563. The molecule has 1 N–H and O–H groups in total. The van der Waals surface area contributed by atoms with Crippen LogP contribution in [0.25, 0.3) is 0 Å². The van der Waals surface area contributed by atoms with Crippen molar-refractivity contribution in [1.82, 2.24) is 5.32 Å². The fourth-order valence-electron chi connectivity index (χ4n) is 0.499. The van der Waals surface area contributed by atoms with E-state index in [0.717, 1.165) is 0 Å². The summed E-state index contributed by atoms with van der Waals surface area (Å²) in [5.41, 5.74) is 0. The van der Waals surface area contributed by atoms with Gasteiger partial charge in [-0.2, -0.15) is 8.42 Å². The third-order valence-electron chi connectivity index (χ3n) is 0.896. The van der Waals surface area contributed by atoms with Crippen molar-refractivity contribution < 1.29 is 8.42 Å². The molecule has 0 aromatic rings. The summed E-state index contributed by atoms with van der Waals surface area (Å²) in [6, 6.07) is 0. The van der Waals surface area contributed by atoms with Crippen molar-refractivity contribution in [3.8, 4) is 0 Å². The average molecular weight is 149 g/mol. The summed E-state index contributed by atoms with van der Waals surface area (Å²) < 4.78 is 20.4. The summed E-state index contributed by atoms with van der Waals surface area (Å²) in [4.78, 5) is 0.387. The maximum Gasteiger partial charge on any atom is 0.228 e. The minimum absolute atomic E-state index is 0.387. The lowest BCUT2D eigenvalue weighted by molar-refractivity contribution is 0.626. The highest BCUT2D eigenvalue weighted by molar-refractivity contribution is 7.72. The van der Waals surface area contributed by atoms with E-state index >= 15 is 0 Å². The zero-order valence-electron chi connectivity index (χ0n) is 5.64. The van der Waals surface area contributed by atoms with E-state index in [2.05, 4.69) is 5.32 Å². The van der Waals surface area contributed by atoms with Crippen LogP contribution < -0.4 is 5.32 Å². The van der Waals surface area contributed by atoms with E-state index in [-0.39, 0.29) is 0 Å². The topological polar surface area (TPSA) is 46.2 Å². The van der Waals surface area contributed by atoms with Gasteiger partial charge in [0.15, 0.2) is 0 Å². The van der Waals surface area contributed by atoms with Crippen LogP contribution in [-0.2, 0) is 10.3 Å². The van der Waals surface area contributed by atoms with E-state index in [1.807, 2.05) is 6.92 Å². The Morgan fingerprint density at radius 2 is 2.00 bits per heavy atom. The Morgan fingerprint density at radius 1 is 1.44 bits per heavy atom. The SMILES string of the molecule is CCNC(CC)=S(=O)=O. The van der Waals surface area contributed by atoms with E-state index in [0.29, 0.717) is 18.0 Å². The maximum absolute atomic E-state index is 10.2. The van der Waals surface area contributed by atoms with Crippen molar-refractivity contribution >= 4 is 15.3 Å². The summed E-state index contributed by atoms with van der Waals surface area (Å²) in [6.45, 7) is 4.33. The van der Waals surface area contributed by atoms with Crippen LogP contribution in [0.5, 0.6) is 0 Å². The van der Waals surface area contributed by atoms with E-state index in [9.17, 15) is 8.42 Å². The highest BCUT2D eigenvalue weighted by Gasteiger charge is 1.92. The molecule has 0 atom stereocenters. The van der Waals surface area contributed by atoms with Gasteiger partial charge in [-0.05, 0) is 13.0 Å². The van der Waals surface area contributed by atoms with Gasteiger partial charge in [0.05, 0.1) is 0 Å². The molecule has 54 valence electrons. The van der Waals surface area contributed by atoms with E-state index in [1.165, 1.54) is 0 Å². The number of hydrogen-bond acceptors (Lipinski definition) is 2. The second-order valence-electron chi connectivity index (χ2n) is 1.54. The van der Waals surface area contributed by atoms with Gasteiger partial charge in [0.25, 0.3) is 0 Å². The Bertz CT molecular complexity index is 185. The molecule has 0 fully saturated rings. The fourth-order valence-corrected chi connectivity index (χ4v) is 0.997. The second-order valence-corrected chi connectivity index (χ2v) is 2.50. The molecule has 0 saturated heterocycles. The van der Waals surface area contributed by atoms with Gasteiger partial charge >= 0.3 is 0 Å². The van der Waals surface area contributed by atoms with Crippen molar-refractivity contribution in [3.63, 3.8) is 0 Å². The molecule has 0 aromatic heterocycles. The van der Waals surface area contributed by atoms with Crippen molar-refractivity contribution in [2.45, 2.75) is 20.3 Å². The number of nitrogens with one attached hydrogen (secondary N) is 1. The molecule has 9 heavy (non-hydrogen) atoms. The van der Waals surface area contributed by atoms with Crippen molar-refractivity contribution in [1.29, 1.82) is 0 Å². The summed E-state index contributed by atoms with van der Waals surface area (Å²) in [5, 5.41) is 2.74. The van der Waals surface area contributed by atoms with Gasteiger partial charge in [0.1, 0.15) is 4.99 Å². The predicted octanol–water partition coefficient (Wildman–Crippen LogP) is 0.0149. The third kappa shape index (κ3) is 3.26. The molecular weight excluding hydrogens is 138 g/mol. The fraction of sp³-hybridized carbons (Fsp3) is 0.800. The first-order chi connectivity index (χ1) is 4.22. The molecule has 0 aliphatic heterocycles. The van der Waals surface area contributed by atoms with E-state index < -0.39 is 10.3 Å². The van der Waals surface area contributed by atoms with Crippen LogP contribution in [-0.4, -0.2) is 20.0 Å². The summed E-state index contributed by atoms with van der Waals surface area (Å²) in [7, 11) is -2.05. The van der Waals surface area contributed by atoms with Gasteiger partial charge in [-0.3, -0.25) is 5.32 Å². The lowest BCUT2D eigenvalue weighted by Gasteiger charge is -1.95. The summed E-state index contributed by atoms with van der Waals surface area (Å²) in [6.07, 6.45) is 0.546. The van der Waals surface area contributed by atoms with Gasteiger partial charge in [-0.1, -0.05) is 13.8 Å². The Morgan fingerprint density at radius 3 is 2.11 bits per heavy atom. The molecule has 0 amide bonds. The Labute approximate surface area is 56.6 Å². The van der Waals surface area contributed by atoms with Gasteiger partial charge < -0.3 is 0 Å². The van der Waals surface area contributed by atoms with E-state index in [4.69, 9.17) is 0 Å². The van der Waals surface area contributed by atoms with Crippen molar-refractivity contribution in [2.75, 3.05) is 6.54 Å². The molecule has 0 aromatic carbocycles. The van der Waals surface area contributed by atoms with Crippen LogP contribution in [0, 0.1) is 0 Å². The molecule has 0 heterocycles. The van der Waals surface area contributed by atoms with Crippen LogP contribution in [0.3, 0.4) is 0 Å². The van der Waals surface area contributed by atoms with Crippen LogP contribution in [0.1, 0.15) is 20.3 Å². The molecule has 0 unspecified atom stereocenters. The summed E-state index contributed by atoms with van der Waals surface area (Å²) >= 11 is 0. The van der Waals surface area contributed by atoms with E-state index in [1.54, 1.807) is 6.92 Å². The lowest BCUT2D eigenvalue weighted by Crippen LogP contribution is -2.22. The van der Waals surface area contributed by atoms with Crippen molar-refractivity contribution in [3.05, 3.63) is 0 Å². The first-order valence-corrected chi connectivity index (χ1v) is 3.98. The molecule has 0 spiro atoms. The van der Waals surface area contributed by atoms with Crippen LogP contribution in [0.15, 0.2) is 0 Å². The Hall–Kier alpha value is -0.350. The van der Waals surface area contributed by atoms with Crippen molar-refractivity contribution in [2.24, 2.45) is 0 Å². The monoisotopic (exact) mass is 149 g/mol. The number of hydrogen-bond donors (Lipinski definition) is 1.